The second kappa shape index (κ2) is 5.16. The fraction of sp³-hybridized carbons (Fsp3) is 0.846. The summed E-state index contributed by atoms with van der Waals surface area (Å²) in [6.45, 7) is 12.1. The second-order valence-electron chi connectivity index (χ2n) is 6.01. The molecule has 0 radical (unpaired) electrons. The Morgan fingerprint density at radius 1 is 1.11 bits per heavy atom. The number of nitrogens with zero attached hydrogens (tertiary/aromatic N) is 2. The monoisotopic (exact) mass is 256 g/mol. The van der Waals surface area contributed by atoms with Gasteiger partial charge in [-0.1, -0.05) is 0 Å². The van der Waals surface area contributed by atoms with E-state index in [4.69, 9.17) is 4.74 Å². The smallest absolute Gasteiger partial charge is 0.410 e. The summed E-state index contributed by atoms with van der Waals surface area (Å²) < 4.78 is 5.35. The van der Waals surface area contributed by atoms with E-state index in [1.165, 1.54) is 0 Å². The summed E-state index contributed by atoms with van der Waals surface area (Å²) in [7, 11) is 0. The third kappa shape index (κ3) is 3.62. The molecule has 0 aliphatic carbocycles. The van der Waals surface area contributed by atoms with E-state index in [0.29, 0.717) is 13.1 Å². The normalized spacial score (nSPS) is 25.0. The van der Waals surface area contributed by atoms with Crippen LogP contribution in [-0.2, 0) is 9.53 Å². The third-order valence-electron chi connectivity index (χ3n) is 2.93. The van der Waals surface area contributed by atoms with Gasteiger partial charge in [0, 0.05) is 32.1 Å². The first-order valence-corrected chi connectivity index (χ1v) is 6.38. The minimum absolute atomic E-state index is 0.0266. The molecule has 5 heteroatoms. The molecule has 2 amide bonds. The zero-order chi connectivity index (χ0) is 14.1. The van der Waals surface area contributed by atoms with Crippen molar-refractivity contribution in [2.24, 2.45) is 0 Å². The summed E-state index contributed by atoms with van der Waals surface area (Å²) in [6, 6.07) is 0.0533. The first-order valence-electron chi connectivity index (χ1n) is 6.38. The van der Waals surface area contributed by atoms with E-state index < -0.39 is 5.60 Å². The minimum atomic E-state index is -0.485. The van der Waals surface area contributed by atoms with Crippen LogP contribution in [0.1, 0.15) is 41.5 Å². The summed E-state index contributed by atoms with van der Waals surface area (Å²) in [6.07, 6.45) is -0.301. The Kier molecular flexibility index (Phi) is 4.24. The number of hydrogen-bond acceptors (Lipinski definition) is 3. The van der Waals surface area contributed by atoms with E-state index in [1.807, 2.05) is 39.5 Å². The van der Waals surface area contributed by atoms with E-state index in [0.717, 1.165) is 0 Å². The molecule has 2 unspecified atom stereocenters. The second-order valence-corrected chi connectivity index (χ2v) is 6.01. The van der Waals surface area contributed by atoms with Crippen molar-refractivity contribution in [3.05, 3.63) is 0 Å². The Morgan fingerprint density at radius 3 is 1.89 bits per heavy atom. The largest absolute Gasteiger partial charge is 0.444 e. The summed E-state index contributed by atoms with van der Waals surface area (Å²) in [5, 5.41) is 0. The maximum absolute atomic E-state index is 12.0. The van der Waals surface area contributed by atoms with Crippen molar-refractivity contribution in [2.45, 2.75) is 59.2 Å². The zero-order valence-corrected chi connectivity index (χ0v) is 12.2. The van der Waals surface area contributed by atoms with Crippen LogP contribution in [0.25, 0.3) is 0 Å². The summed E-state index contributed by atoms with van der Waals surface area (Å²) in [5.74, 6) is 0.0545. The van der Waals surface area contributed by atoms with Gasteiger partial charge in [-0.05, 0) is 34.6 Å². The lowest BCUT2D eigenvalue weighted by Crippen LogP contribution is -2.59. The molecule has 1 rings (SSSR count). The Labute approximate surface area is 109 Å². The van der Waals surface area contributed by atoms with Crippen molar-refractivity contribution >= 4 is 12.0 Å². The van der Waals surface area contributed by atoms with Gasteiger partial charge in [0.2, 0.25) is 5.91 Å². The van der Waals surface area contributed by atoms with Crippen LogP contribution < -0.4 is 0 Å². The lowest BCUT2D eigenvalue weighted by atomic mass is 10.1. The first-order chi connectivity index (χ1) is 8.11. The molecule has 0 N–H and O–H groups in total. The standard InChI is InChI=1S/C13H24N2O3/c1-9-7-14(12(17)18-13(4,5)6)8-10(2)15(9)11(3)16/h9-10H,7-8H2,1-6H3. The van der Waals surface area contributed by atoms with Gasteiger partial charge >= 0.3 is 6.09 Å². The molecule has 2 atom stereocenters. The van der Waals surface area contributed by atoms with Crippen molar-refractivity contribution in [2.75, 3.05) is 13.1 Å². The van der Waals surface area contributed by atoms with E-state index in [-0.39, 0.29) is 24.1 Å². The Hall–Kier alpha value is -1.26. The number of amides is 2. The fourth-order valence-corrected chi connectivity index (χ4v) is 2.42. The first kappa shape index (κ1) is 14.8. The number of rotatable bonds is 0. The van der Waals surface area contributed by atoms with Gasteiger partial charge in [-0.15, -0.1) is 0 Å². The van der Waals surface area contributed by atoms with Crippen molar-refractivity contribution in [3.63, 3.8) is 0 Å². The predicted octanol–water partition coefficient (Wildman–Crippen LogP) is 1.86. The molecular formula is C13H24N2O3. The summed E-state index contributed by atoms with van der Waals surface area (Å²) in [5.41, 5.74) is -0.485. The van der Waals surface area contributed by atoms with Crippen LogP contribution in [0.4, 0.5) is 4.79 Å². The van der Waals surface area contributed by atoms with Crippen molar-refractivity contribution in [3.8, 4) is 0 Å². The van der Waals surface area contributed by atoms with Crippen molar-refractivity contribution in [1.82, 2.24) is 9.80 Å². The van der Waals surface area contributed by atoms with Gasteiger partial charge in [-0.25, -0.2) is 4.79 Å². The molecule has 104 valence electrons. The van der Waals surface area contributed by atoms with E-state index in [9.17, 15) is 9.59 Å². The van der Waals surface area contributed by atoms with Gasteiger partial charge in [-0.3, -0.25) is 4.79 Å². The van der Waals surface area contributed by atoms with Gasteiger partial charge in [0.25, 0.3) is 0 Å². The maximum atomic E-state index is 12.0. The highest BCUT2D eigenvalue weighted by atomic mass is 16.6. The number of piperazine rings is 1. The Morgan fingerprint density at radius 2 is 1.56 bits per heavy atom. The van der Waals surface area contributed by atoms with Crippen LogP contribution in [0.5, 0.6) is 0 Å². The SMILES string of the molecule is CC(=O)N1C(C)CN(C(=O)OC(C)(C)C)CC1C. The zero-order valence-electron chi connectivity index (χ0n) is 12.2. The number of carbonyl (C=O) groups is 2. The molecule has 5 nitrogen and oxygen atoms in total. The molecule has 1 heterocycles. The molecule has 0 aromatic heterocycles. The minimum Gasteiger partial charge on any atom is -0.444 e. The molecule has 0 aromatic rings. The number of ether oxygens (including phenoxy) is 1. The van der Waals surface area contributed by atoms with Gasteiger partial charge < -0.3 is 14.5 Å². The molecule has 0 bridgehead atoms. The molecule has 1 aliphatic heterocycles. The molecular weight excluding hydrogens is 232 g/mol. The fourth-order valence-electron chi connectivity index (χ4n) is 2.42. The third-order valence-corrected chi connectivity index (χ3v) is 2.93. The van der Waals surface area contributed by atoms with Crippen LogP contribution in [0.3, 0.4) is 0 Å². The van der Waals surface area contributed by atoms with Crippen LogP contribution in [-0.4, -0.2) is 52.6 Å². The van der Waals surface area contributed by atoms with Crippen LogP contribution in [0, 0.1) is 0 Å². The lowest BCUT2D eigenvalue weighted by molar-refractivity contribution is -0.136. The highest BCUT2D eigenvalue weighted by molar-refractivity contribution is 5.75. The predicted molar refractivity (Wildman–Crippen MR) is 69.3 cm³/mol. The Balaban J connectivity index is 2.68. The molecule has 0 saturated carbocycles. The van der Waals surface area contributed by atoms with Crippen molar-refractivity contribution < 1.29 is 14.3 Å². The highest BCUT2D eigenvalue weighted by Crippen LogP contribution is 2.18. The highest BCUT2D eigenvalue weighted by Gasteiger charge is 2.34. The van der Waals surface area contributed by atoms with E-state index in [1.54, 1.807) is 11.8 Å². The molecule has 1 aliphatic rings. The van der Waals surface area contributed by atoms with Gasteiger partial charge in [0.05, 0.1) is 0 Å². The molecule has 1 fully saturated rings. The molecule has 0 spiro atoms. The molecule has 0 aromatic carbocycles. The average Bonchev–Trinajstić information content (AvgIpc) is 2.12. The van der Waals surface area contributed by atoms with E-state index in [2.05, 4.69) is 0 Å². The van der Waals surface area contributed by atoms with Crippen molar-refractivity contribution in [1.29, 1.82) is 0 Å². The average molecular weight is 256 g/mol. The summed E-state index contributed by atoms with van der Waals surface area (Å²) in [4.78, 5) is 27.0. The van der Waals surface area contributed by atoms with Gasteiger partial charge in [0.15, 0.2) is 0 Å². The van der Waals surface area contributed by atoms with Gasteiger partial charge in [-0.2, -0.15) is 0 Å². The van der Waals surface area contributed by atoms with Crippen LogP contribution in [0.15, 0.2) is 0 Å². The van der Waals surface area contributed by atoms with E-state index >= 15 is 0 Å². The Bertz CT molecular complexity index is 324. The van der Waals surface area contributed by atoms with Gasteiger partial charge in [0.1, 0.15) is 5.60 Å². The van der Waals surface area contributed by atoms with Crippen LogP contribution >= 0.6 is 0 Å². The topological polar surface area (TPSA) is 49.9 Å². The lowest BCUT2D eigenvalue weighted by Gasteiger charge is -2.44. The number of carbonyl (C=O) groups excluding carboxylic acids is 2. The quantitative estimate of drug-likeness (QED) is 0.664. The molecule has 1 saturated heterocycles. The van der Waals surface area contributed by atoms with Crippen LogP contribution in [0.2, 0.25) is 0 Å². The number of hydrogen-bond donors (Lipinski definition) is 0. The summed E-state index contributed by atoms with van der Waals surface area (Å²) >= 11 is 0. The maximum Gasteiger partial charge on any atom is 0.410 e. The molecule has 18 heavy (non-hydrogen) atoms.